The van der Waals surface area contributed by atoms with E-state index in [4.69, 9.17) is 14.5 Å². The van der Waals surface area contributed by atoms with Crippen molar-refractivity contribution in [3.8, 4) is 34.0 Å². The first-order valence-corrected chi connectivity index (χ1v) is 11.2. The lowest BCUT2D eigenvalue weighted by atomic mass is 9.94. The van der Waals surface area contributed by atoms with Crippen molar-refractivity contribution in [3.63, 3.8) is 0 Å². The lowest BCUT2D eigenvalue weighted by molar-refractivity contribution is 0.284. The molecule has 2 aliphatic heterocycles. The maximum Gasteiger partial charge on any atom is 0.233 e. The summed E-state index contributed by atoms with van der Waals surface area (Å²) >= 11 is 0. The number of aromatic nitrogens is 3. The molecule has 4 heterocycles. The molecule has 2 aromatic heterocycles. The van der Waals surface area contributed by atoms with Gasteiger partial charge < -0.3 is 19.7 Å². The summed E-state index contributed by atoms with van der Waals surface area (Å²) in [6, 6.07) is 9.76. The van der Waals surface area contributed by atoms with Crippen LogP contribution in [0.4, 0.5) is 10.2 Å². The molecule has 3 aromatic rings. The lowest BCUT2D eigenvalue weighted by Gasteiger charge is -2.27. The van der Waals surface area contributed by atoms with E-state index >= 15 is 4.39 Å². The standard InChI is InChI=1S/C25H28FN5O2/c1-25(2,3)29-16-9-10-31(13-16)21-8-7-19-18-6-5-17(15-11-22(32-4)30-27-12-15)23(26)20(18)14-33-24(19)28-21/h5-8,11-12,16,29H,9-10,13-14H2,1-4H3. The Hall–Kier alpha value is -3.26. The number of nitrogens with one attached hydrogen (secondary N) is 1. The minimum Gasteiger partial charge on any atom is -0.480 e. The van der Waals surface area contributed by atoms with E-state index in [1.54, 1.807) is 12.1 Å². The van der Waals surface area contributed by atoms with Crippen LogP contribution in [-0.4, -0.2) is 47.0 Å². The van der Waals surface area contributed by atoms with Crippen molar-refractivity contribution in [1.29, 1.82) is 0 Å². The zero-order valence-electron chi connectivity index (χ0n) is 19.4. The van der Waals surface area contributed by atoms with Crippen LogP contribution in [0.15, 0.2) is 36.5 Å². The lowest BCUT2D eigenvalue weighted by Crippen LogP contribution is -2.44. The highest BCUT2D eigenvalue weighted by Crippen LogP contribution is 2.41. The maximum absolute atomic E-state index is 15.5. The van der Waals surface area contributed by atoms with Crippen LogP contribution < -0.4 is 19.7 Å². The summed E-state index contributed by atoms with van der Waals surface area (Å²) in [6.45, 7) is 8.53. The molecule has 7 nitrogen and oxygen atoms in total. The Kier molecular flexibility index (Phi) is 5.40. The molecule has 1 N–H and O–H groups in total. The zero-order chi connectivity index (χ0) is 23.2. The smallest absolute Gasteiger partial charge is 0.233 e. The van der Waals surface area contributed by atoms with Gasteiger partial charge in [-0.1, -0.05) is 12.1 Å². The van der Waals surface area contributed by atoms with Crippen LogP contribution in [0, 0.1) is 5.82 Å². The van der Waals surface area contributed by atoms with Crippen molar-refractivity contribution < 1.29 is 13.9 Å². The third-order valence-electron chi connectivity index (χ3n) is 6.03. The van der Waals surface area contributed by atoms with Crippen molar-refractivity contribution in [2.24, 2.45) is 0 Å². The highest BCUT2D eigenvalue weighted by Gasteiger charge is 2.29. The van der Waals surface area contributed by atoms with E-state index in [1.165, 1.54) is 13.3 Å². The molecular weight excluding hydrogens is 421 g/mol. The first kappa shape index (κ1) is 21.6. The van der Waals surface area contributed by atoms with E-state index in [2.05, 4.69) is 41.2 Å². The van der Waals surface area contributed by atoms with Gasteiger partial charge >= 0.3 is 0 Å². The third kappa shape index (κ3) is 4.23. The van der Waals surface area contributed by atoms with Gasteiger partial charge in [-0.3, -0.25) is 0 Å². The first-order chi connectivity index (χ1) is 15.8. The molecule has 33 heavy (non-hydrogen) atoms. The Morgan fingerprint density at radius 1 is 1.15 bits per heavy atom. The highest BCUT2D eigenvalue weighted by atomic mass is 19.1. The molecule has 1 atom stereocenters. The maximum atomic E-state index is 15.5. The predicted molar refractivity (Wildman–Crippen MR) is 125 cm³/mol. The number of pyridine rings is 1. The second-order valence-electron chi connectivity index (χ2n) is 9.58. The summed E-state index contributed by atoms with van der Waals surface area (Å²) < 4.78 is 26.5. The fourth-order valence-corrected chi connectivity index (χ4v) is 4.59. The molecule has 172 valence electrons. The summed E-state index contributed by atoms with van der Waals surface area (Å²) in [4.78, 5) is 7.05. The number of ether oxygens (including phenoxy) is 2. The Balaban J connectivity index is 1.42. The molecule has 1 fully saturated rings. The van der Waals surface area contributed by atoms with Gasteiger partial charge in [-0.25, -0.2) is 4.39 Å². The number of halogens is 1. The highest BCUT2D eigenvalue weighted by molar-refractivity contribution is 5.78. The van der Waals surface area contributed by atoms with Crippen LogP contribution in [0.5, 0.6) is 11.8 Å². The SMILES string of the molecule is COc1cc(-c2ccc3c(c2F)COc2nc(N4CCC(NC(C)(C)C)C4)ccc2-3)cnn1. The molecule has 0 amide bonds. The van der Waals surface area contributed by atoms with Gasteiger partial charge in [0.15, 0.2) is 0 Å². The summed E-state index contributed by atoms with van der Waals surface area (Å²) in [6.07, 6.45) is 2.60. The average Bonchev–Trinajstić information content (AvgIpc) is 3.25. The number of hydrogen-bond donors (Lipinski definition) is 1. The monoisotopic (exact) mass is 449 g/mol. The van der Waals surface area contributed by atoms with Gasteiger partial charge in [0.1, 0.15) is 18.2 Å². The fraction of sp³-hybridized carbons (Fsp3) is 0.400. The number of benzene rings is 1. The Bertz CT molecular complexity index is 1190. The number of hydrogen-bond acceptors (Lipinski definition) is 7. The Morgan fingerprint density at radius 3 is 2.73 bits per heavy atom. The number of rotatable bonds is 4. The molecule has 0 aliphatic carbocycles. The van der Waals surface area contributed by atoms with Gasteiger partial charge in [-0.15, -0.1) is 5.10 Å². The number of nitrogens with zero attached hydrogens (tertiary/aromatic N) is 4. The van der Waals surface area contributed by atoms with Crippen molar-refractivity contribution in [1.82, 2.24) is 20.5 Å². The summed E-state index contributed by atoms with van der Waals surface area (Å²) in [5.41, 5.74) is 3.25. The van der Waals surface area contributed by atoms with Crippen LogP contribution in [0.1, 0.15) is 32.8 Å². The molecule has 8 heteroatoms. The van der Waals surface area contributed by atoms with Gasteiger partial charge in [-0.2, -0.15) is 10.1 Å². The fourth-order valence-electron chi connectivity index (χ4n) is 4.59. The first-order valence-electron chi connectivity index (χ1n) is 11.2. The van der Waals surface area contributed by atoms with Crippen molar-refractivity contribution >= 4 is 5.82 Å². The molecule has 1 saturated heterocycles. The minimum absolute atomic E-state index is 0.0805. The molecule has 1 aromatic carbocycles. The zero-order valence-corrected chi connectivity index (χ0v) is 19.4. The molecule has 0 spiro atoms. The number of methoxy groups -OCH3 is 1. The molecule has 0 saturated carbocycles. The number of fused-ring (bicyclic) bond motifs is 3. The van der Waals surface area contributed by atoms with Crippen LogP contribution in [-0.2, 0) is 6.61 Å². The van der Waals surface area contributed by atoms with Crippen molar-refractivity contribution in [2.75, 3.05) is 25.1 Å². The minimum atomic E-state index is -0.326. The van der Waals surface area contributed by atoms with Crippen LogP contribution in [0.25, 0.3) is 22.3 Å². The summed E-state index contributed by atoms with van der Waals surface area (Å²) in [7, 11) is 1.51. The number of anilines is 1. The molecule has 0 bridgehead atoms. The van der Waals surface area contributed by atoms with Gasteiger partial charge in [0.25, 0.3) is 0 Å². The van der Waals surface area contributed by atoms with Crippen LogP contribution in [0.3, 0.4) is 0 Å². The molecule has 2 aliphatic rings. The van der Waals surface area contributed by atoms with E-state index in [9.17, 15) is 0 Å². The van der Waals surface area contributed by atoms with Crippen molar-refractivity contribution in [2.45, 2.75) is 45.4 Å². The van der Waals surface area contributed by atoms with E-state index in [0.717, 1.165) is 36.5 Å². The van der Waals surface area contributed by atoms with E-state index < -0.39 is 0 Å². The van der Waals surface area contributed by atoms with Crippen LogP contribution in [0.2, 0.25) is 0 Å². The second kappa shape index (κ2) is 8.26. The van der Waals surface area contributed by atoms with Gasteiger partial charge in [0.05, 0.1) is 13.3 Å². The van der Waals surface area contributed by atoms with Crippen molar-refractivity contribution in [3.05, 3.63) is 47.9 Å². The van der Waals surface area contributed by atoms with Crippen LogP contribution >= 0.6 is 0 Å². The van der Waals surface area contributed by atoms with E-state index in [-0.39, 0.29) is 18.0 Å². The summed E-state index contributed by atoms with van der Waals surface area (Å²) in [5, 5.41) is 11.4. The molecular formula is C25H28FN5O2. The third-order valence-corrected chi connectivity index (χ3v) is 6.03. The Morgan fingerprint density at radius 2 is 1.94 bits per heavy atom. The second-order valence-corrected chi connectivity index (χ2v) is 9.58. The largest absolute Gasteiger partial charge is 0.480 e. The van der Waals surface area contributed by atoms with Gasteiger partial charge in [0.2, 0.25) is 11.8 Å². The normalized spacial score (nSPS) is 17.4. The summed E-state index contributed by atoms with van der Waals surface area (Å²) in [5.74, 6) is 1.45. The quantitative estimate of drug-likeness (QED) is 0.640. The molecule has 1 unspecified atom stereocenters. The molecule has 0 radical (unpaired) electrons. The topological polar surface area (TPSA) is 72.4 Å². The van der Waals surface area contributed by atoms with E-state index in [1.807, 2.05) is 18.2 Å². The van der Waals surface area contributed by atoms with Gasteiger partial charge in [0, 0.05) is 53.0 Å². The molecule has 5 rings (SSSR count). The predicted octanol–water partition coefficient (Wildman–Crippen LogP) is 4.21. The average molecular weight is 450 g/mol. The van der Waals surface area contributed by atoms with Gasteiger partial charge in [-0.05, 0) is 44.9 Å². The Labute approximate surface area is 193 Å². The van der Waals surface area contributed by atoms with E-state index in [0.29, 0.717) is 34.5 Å².